The van der Waals surface area contributed by atoms with Gasteiger partial charge in [-0.25, -0.2) is 0 Å². The lowest BCUT2D eigenvalue weighted by atomic mass is 10.1. The highest BCUT2D eigenvalue weighted by Crippen LogP contribution is 2.24. The van der Waals surface area contributed by atoms with Crippen LogP contribution < -0.4 is 10.1 Å². The Bertz CT molecular complexity index is 932. The molecule has 31 heavy (non-hydrogen) atoms. The summed E-state index contributed by atoms with van der Waals surface area (Å²) in [6, 6.07) is 6.22. The molecule has 0 saturated carbocycles. The Balaban J connectivity index is 1.52. The summed E-state index contributed by atoms with van der Waals surface area (Å²) >= 11 is 0. The van der Waals surface area contributed by atoms with Crippen molar-refractivity contribution in [2.24, 2.45) is 0 Å². The maximum atomic E-state index is 12.7. The first-order chi connectivity index (χ1) is 14.5. The van der Waals surface area contributed by atoms with Gasteiger partial charge in [0.15, 0.2) is 0 Å². The van der Waals surface area contributed by atoms with E-state index in [0.29, 0.717) is 49.0 Å². The third-order valence-corrected chi connectivity index (χ3v) is 5.16. The highest BCUT2D eigenvalue weighted by molar-refractivity contribution is 5.96. The van der Waals surface area contributed by atoms with Crippen molar-refractivity contribution in [2.75, 3.05) is 31.5 Å². The summed E-state index contributed by atoms with van der Waals surface area (Å²) in [6.07, 6.45) is -4.77. The summed E-state index contributed by atoms with van der Waals surface area (Å²) in [4.78, 5) is 28.9. The van der Waals surface area contributed by atoms with Gasteiger partial charge in [-0.2, -0.15) is 0 Å². The molecule has 1 aliphatic rings. The number of alkyl halides is 3. The van der Waals surface area contributed by atoms with E-state index < -0.39 is 12.4 Å². The van der Waals surface area contributed by atoms with Crippen LogP contribution in [0.15, 0.2) is 34.7 Å². The fourth-order valence-electron chi connectivity index (χ4n) is 3.48. The van der Waals surface area contributed by atoms with Crippen molar-refractivity contribution < 1.29 is 31.9 Å². The number of ether oxygens (including phenoxy) is 1. The molecule has 1 saturated heterocycles. The van der Waals surface area contributed by atoms with E-state index in [2.05, 4.69) is 10.1 Å². The molecule has 7 nitrogen and oxygen atoms in total. The molecule has 168 valence electrons. The van der Waals surface area contributed by atoms with E-state index in [1.165, 1.54) is 12.1 Å². The molecule has 1 atom stereocenters. The molecule has 2 heterocycles. The predicted molar refractivity (Wildman–Crippen MR) is 107 cm³/mol. The van der Waals surface area contributed by atoms with E-state index in [0.717, 1.165) is 12.1 Å². The van der Waals surface area contributed by atoms with Gasteiger partial charge in [0.25, 0.3) is 5.91 Å². The Morgan fingerprint density at radius 3 is 2.23 bits per heavy atom. The maximum Gasteiger partial charge on any atom is 0.573 e. The lowest BCUT2D eigenvalue weighted by Gasteiger charge is -2.37. The van der Waals surface area contributed by atoms with Crippen LogP contribution in [0, 0.1) is 13.8 Å². The van der Waals surface area contributed by atoms with Crippen molar-refractivity contribution in [3.63, 3.8) is 0 Å². The Labute approximate surface area is 177 Å². The zero-order chi connectivity index (χ0) is 22.8. The van der Waals surface area contributed by atoms with Crippen LogP contribution in [-0.2, 0) is 4.79 Å². The molecule has 0 bridgehead atoms. The number of rotatable bonds is 5. The molecule has 1 aromatic heterocycles. The van der Waals surface area contributed by atoms with Crippen molar-refractivity contribution in [3.8, 4) is 5.75 Å². The smallest absolute Gasteiger partial charge is 0.466 e. The number of aryl methyl sites for hydroxylation is 2. The van der Waals surface area contributed by atoms with Crippen molar-refractivity contribution in [2.45, 2.75) is 33.2 Å². The molecular formula is C21H24F3N3O4. The molecule has 2 amide bonds. The molecule has 3 rings (SSSR count). The topological polar surface area (TPSA) is 75.0 Å². The monoisotopic (exact) mass is 439 g/mol. The minimum absolute atomic E-state index is 0.0905. The van der Waals surface area contributed by atoms with E-state index in [4.69, 9.17) is 4.42 Å². The number of amides is 2. The molecule has 0 radical (unpaired) electrons. The molecule has 1 aliphatic heterocycles. The standard InChI is InChI=1S/C21H24F3N3O4/c1-13-12-18(15(3)30-13)20(29)27-10-8-26(9-11-27)14(2)19(28)25-16-4-6-17(7-5-16)31-21(22,23)24/h4-7,12,14H,8-11H2,1-3H3,(H,25,28). The fraction of sp³-hybridized carbons (Fsp3) is 0.429. The van der Waals surface area contributed by atoms with Crippen LogP contribution >= 0.6 is 0 Å². The number of hydrogen-bond donors (Lipinski definition) is 1. The van der Waals surface area contributed by atoms with Gasteiger partial charge in [0.2, 0.25) is 5.91 Å². The number of halogens is 3. The molecule has 1 N–H and O–H groups in total. The van der Waals surface area contributed by atoms with E-state index in [1.54, 1.807) is 31.7 Å². The van der Waals surface area contributed by atoms with Crippen molar-refractivity contribution in [1.82, 2.24) is 9.80 Å². The Morgan fingerprint density at radius 1 is 1.10 bits per heavy atom. The normalized spacial score (nSPS) is 16.1. The summed E-state index contributed by atoms with van der Waals surface area (Å²) in [5.41, 5.74) is 0.917. The number of nitrogens with zero attached hydrogens (tertiary/aromatic N) is 2. The van der Waals surface area contributed by atoms with Crippen LogP contribution in [0.5, 0.6) is 5.75 Å². The van der Waals surface area contributed by atoms with Gasteiger partial charge in [-0.1, -0.05) is 0 Å². The average Bonchev–Trinajstić information content (AvgIpc) is 3.05. The second-order valence-corrected chi connectivity index (χ2v) is 7.39. The number of anilines is 1. The van der Waals surface area contributed by atoms with Gasteiger partial charge in [0, 0.05) is 31.9 Å². The largest absolute Gasteiger partial charge is 0.573 e. The van der Waals surface area contributed by atoms with Crippen LogP contribution in [0.3, 0.4) is 0 Å². The van der Waals surface area contributed by atoms with Gasteiger partial charge >= 0.3 is 6.36 Å². The van der Waals surface area contributed by atoms with E-state index in [1.807, 2.05) is 4.90 Å². The Morgan fingerprint density at radius 2 is 1.71 bits per heavy atom. The van der Waals surface area contributed by atoms with Crippen LogP contribution in [0.1, 0.15) is 28.8 Å². The van der Waals surface area contributed by atoms with E-state index in [9.17, 15) is 22.8 Å². The Hall–Kier alpha value is -3.01. The first kappa shape index (κ1) is 22.7. The van der Waals surface area contributed by atoms with Crippen LogP contribution in [0.4, 0.5) is 18.9 Å². The minimum atomic E-state index is -4.77. The number of piperazine rings is 1. The van der Waals surface area contributed by atoms with Crippen molar-refractivity contribution in [3.05, 3.63) is 47.4 Å². The minimum Gasteiger partial charge on any atom is -0.466 e. The summed E-state index contributed by atoms with van der Waals surface area (Å²) in [7, 11) is 0. The van der Waals surface area contributed by atoms with E-state index in [-0.39, 0.29) is 17.6 Å². The highest BCUT2D eigenvalue weighted by Gasteiger charge is 2.31. The quantitative estimate of drug-likeness (QED) is 0.771. The first-order valence-corrected chi connectivity index (χ1v) is 9.80. The van der Waals surface area contributed by atoms with Gasteiger partial charge in [-0.05, 0) is 51.1 Å². The molecule has 1 aromatic carbocycles. The van der Waals surface area contributed by atoms with Crippen molar-refractivity contribution >= 4 is 17.5 Å². The summed E-state index contributed by atoms with van der Waals surface area (Å²) in [5, 5.41) is 2.69. The molecule has 2 aromatic rings. The summed E-state index contributed by atoms with van der Waals surface area (Å²) < 4.78 is 45.9. The van der Waals surface area contributed by atoms with Gasteiger partial charge in [-0.3, -0.25) is 14.5 Å². The third-order valence-electron chi connectivity index (χ3n) is 5.16. The fourth-order valence-corrected chi connectivity index (χ4v) is 3.48. The number of nitrogens with one attached hydrogen (secondary N) is 1. The number of benzene rings is 1. The Kier molecular flexibility index (Phi) is 6.59. The van der Waals surface area contributed by atoms with E-state index >= 15 is 0 Å². The SMILES string of the molecule is Cc1cc(C(=O)N2CCN(C(C)C(=O)Nc3ccc(OC(F)(F)F)cc3)CC2)c(C)o1. The number of furan rings is 1. The molecular weight excluding hydrogens is 415 g/mol. The van der Waals surface area contributed by atoms with Crippen LogP contribution in [0.2, 0.25) is 0 Å². The van der Waals surface area contributed by atoms with Gasteiger partial charge in [-0.15, -0.1) is 13.2 Å². The van der Waals surface area contributed by atoms with Gasteiger partial charge in [0.05, 0.1) is 11.6 Å². The summed E-state index contributed by atoms with van der Waals surface area (Å²) in [6.45, 7) is 7.29. The second kappa shape index (κ2) is 9.01. The van der Waals surface area contributed by atoms with Crippen LogP contribution in [-0.4, -0.2) is 60.2 Å². The highest BCUT2D eigenvalue weighted by atomic mass is 19.4. The number of hydrogen-bond acceptors (Lipinski definition) is 5. The lowest BCUT2D eigenvalue weighted by Crippen LogP contribution is -2.54. The third kappa shape index (κ3) is 5.78. The first-order valence-electron chi connectivity index (χ1n) is 9.80. The lowest BCUT2D eigenvalue weighted by molar-refractivity contribution is -0.274. The number of carbonyl (C=O) groups excluding carboxylic acids is 2. The number of carbonyl (C=O) groups is 2. The molecule has 1 fully saturated rings. The summed E-state index contributed by atoms with van der Waals surface area (Å²) in [5.74, 6) is 0.535. The van der Waals surface area contributed by atoms with Crippen LogP contribution in [0.25, 0.3) is 0 Å². The van der Waals surface area contributed by atoms with Gasteiger partial charge < -0.3 is 19.4 Å². The maximum absolute atomic E-state index is 12.7. The molecule has 1 unspecified atom stereocenters. The molecule has 10 heteroatoms. The predicted octanol–water partition coefficient (Wildman–Crippen LogP) is 3.58. The zero-order valence-electron chi connectivity index (χ0n) is 17.5. The van der Waals surface area contributed by atoms with Crippen molar-refractivity contribution in [1.29, 1.82) is 0 Å². The second-order valence-electron chi connectivity index (χ2n) is 7.39. The van der Waals surface area contributed by atoms with Gasteiger partial charge in [0.1, 0.15) is 17.3 Å². The zero-order valence-corrected chi connectivity index (χ0v) is 17.5. The average molecular weight is 439 g/mol. The molecule has 0 aliphatic carbocycles. The molecule has 0 spiro atoms.